The average Bonchev–Trinajstić information content (AvgIpc) is 3.17. The highest BCUT2D eigenvalue weighted by atomic mass is 28.4. The molecule has 0 amide bonds. The van der Waals surface area contributed by atoms with Gasteiger partial charge in [-0.3, -0.25) is 9.78 Å². The number of ketones is 1. The number of aromatic nitrogens is 1. The number of benzene rings is 2. The van der Waals surface area contributed by atoms with Gasteiger partial charge < -0.3 is 18.9 Å². The first-order valence-electron chi connectivity index (χ1n) is 12.0. The SMILES string of the molecule is COCCCC(=O)c1oc2cnccc2c1Nc1ccc2c(O[Si](C)(C)C(C)(C)C)cccc2c1. The van der Waals surface area contributed by atoms with Crippen LogP contribution in [0.2, 0.25) is 18.1 Å². The Balaban J connectivity index is 1.68. The highest BCUT2D eigenvalue weighted by Gasteiger charge is 2.39. The number of nitrogens with one attached hydrogen (secondary N) is 1. The van der Waals surface area contributed by atoms with Crippen molar-refractivity contribution in [2.75, 3.05) is 19.0 Å². The van der Waals surface area contributed by atoms with Crippen LogP contribution in [-0.2, 0) is 4.74 Å². The van der Waals surface area contributed by atoms with Gasteiger partial charge in [-0.1, -0.05) is 32.9 Å². The molecule has 2 heterocycles. The minimum atomic E-state index is -1.97. The maximum Gasteiger partial charge on any atom is 0.250 e. The van der Waals surface area contributed by atoms with Crippen LogP contribution in [0, 0.1) is 0 Å². The molecule has 0 atom stereocenters. The lowest BCUT2D eigenvalue weighted by molar-refractivity contribution is 0.0940. The van der Waals surface area contributed by atoms with Crippen LogP contribution < -0.4 is 9.74 Å². The van der Waals surface area contributed by atoms with E-state index < -0.39 is 8.32 Å². The maximum absolute atomic E-state index is 12.9. The second-order valence-corrected chi connectivity index (χ2v) is 15.1. The summed E-state index contributed by atoms with van der Waals surface area (Å²) in [6, 6.07) is 14.2. The molecule has 0 aliphatic heterocycles. The molecule has 4 aromatic rings. The molecular formula is C28H34N2O4Si. The molecule has 6 nitrogen and oxygen atoms in total. The molecular weight excluding hydrogens is 456 g/mol. The van der Waals surface area contributed by atoms with Crippen LogP contribution in [0.15, 0.2) is 59.3 Å². The van der Waals surface area contributed by atoms with Crippen LogP contribution in [0.25, 0.3) is 21.7 Å². The summed E-state index contributed by atoms with van der Waals surface area (Å²) in [5, 5.41) is 6.51. The molecule has 2 aromatic heterocycles. The first-order chi connectivity index (χ1) is 16.6. The molecule has 0 aliphatic rings. The van der Waals surface area contributed by atoms with Gasteiger partial charge in [-0.15, -0.1) is 0 Å². The molecule has 4 rings (SSSR count). The largest absolute Gasteiger partial charge is 0.543 e. The Morgan fingerprint density at radius 3 is 2.66 bits per heavy atom. The Morgan fingerprint density at radius 2 is 1.91 bits per heavy atom. The number of carbonyl (C=O) groups is 1. The molecule has 0 fully saturated rings. The first kappa shape index (κ1) is 24.9. The summed E-state index contributed by atoms with van der Waals surface area (Å²) in [7, 11) is -0.342. The standard InChI is InChI=1S/C28H34N2O4Si/c1-28(2,3)35(5,6)34-24-11-7-9-19-17-20(12-13-21(19)24)30-26-22-14-15-29-18-25(22)33-27(26)23(31)10-8-16-32-4/h7,9,11-15,17-18,30H,8,10,16H2,1-6H3. The van der Waals surface area contributed by atoms with Gasteiger partial charge >= 0.3 is 0 Å². The van der Waals surface area contributed by atoms with Crippen molar-refractivity contribution in [3.8, 4) is 5.75 Å². The molecule has 2 aromatic carbocycles. The predicted octanol–water partition coefficient (Wildman–Crippen LogP) is 7.72. The lowest BCUT2D eigenvalue weighted by Crippen LogP contribution is -2.43. The molecule has 7 heteroatoms. The number of hydrogen-bond donors (Lipinski definition) is 1. The zero-order chi connectivity index (χ0) is 25.2. The summed E-state index contributed by atoms with van der Waals surface area (Å²) in [6.45, 7) is 11.8. The van der Waals surface area contributed by atoms with E-state index in [1.807, 2.05) is 24.3 Å². The third-order valence-corrected chi connectivity index (χ3v) is 11.1. The second-order valence-electron chi connectivity index (χ2n) is 10.4. The number of anilines is 2. The van der Waals surface area contributed by atoms with Gasteiger partial charge in [-0.2, -0.15) is 0 Å². The maximum atomic E-state index is 12.9. The summed E-state index contributed by atoms with van der Waals surface area (Å²) in [5.74, 6) is 1.17. The van der Waals surface area contributed by atoms with E-state index in [9.17, 15) is 4.79 Å². The average molecular weight is 491 g/mol. The van der Waals surface area contributed by atoms with Crippen LogP contribution in [0.1, 0.15) is 44.2 Å². The highest BCUT2D eigenvalue weighted by Crippen LogP contribution is 2.40. The summed E-state index contributed by atoms with van der Waals surface area (Å²) < 4.78 is 17.6. The van der Waals surface area contributed by atoms with Crippen LogP contribution >= 0.6 is 0 Å². The lowest BCUT2D eigenvalue weighted by atomic mass is 10.1. The van der Waals surface area contributed by atoms with Crippen LogP contribution in [0.5, 0.6) is 5.75 Å². The van der Waals surface area contributed by atoms with E-state index in [1.54, 1.807) is 19.5 Å². The Hall–Kier alpha value is -3.16. The lowest BCUT2D eigenvalue weighted by Gasteiger charge is -2.36. The van der Waals surface area contributed by atoms with Crippen LogP contribution in [0.4, 0.5) is 11.4 Å². The van der Waals surface area contributed by atoms with Crippen molar-refractivity contribution in [2.45, 2.75) is 51.7 Å². The Kier molecular flexibility index (Phi) is 7.01. The first-order valence-corrected chi connectivity index (χ1v) is 14.9. The predicted molar refractivity (Wildman–Crippen MR) is 145 cm³/mol. The van der Waals surface area contributed by atoms with E-state index >= 15 is 0 Å². The monoisotopic (exact) mass is 490 g/mol. The number of ether oxygens (including phenoxy) is 1. The molecule has 35 heavy (non-hydrogen) atoms. The van der Waals surface area contributed by atoms with Crippen molar-refractivity contribution < 1.29 is 18.4 Å². The topological polar surface area (TPSA) is 73.6 Å². The van der Waals surface area contributed by atoms with Crippen LogP contribution in [-0.4, -0.2) is 32.8 Å². The Labute approximate surface area is 207 Å². The van der Waals surface area contributed by atoms with E-state index in [2.05, 4.69) is 62.4 Å². The summed E-state index contributed by atoms with van der Waals surface area (Å²) in [5.41, 5.74) is 2.11. The molecule has 0 aliphatic carbocycles. The van der Waals surface area contributed by atoms with E-state index in [-0.39, 0.29) is 10.8 Å². The molecule has 0 saturated carbocycles. The Bertz CT molecular complexity index is 1350. The van der Waals surface area contributed by atoms with Gasteiger partial charge in [0.2, 0.25) is 0 Å². The van der Waals surface area contributed by atoms with Gasteiger partial charge in [0.25, 0.3) is 8.32 Å². The van der Waals surface area contributed by atoms with Crippen molar-refractivity contribution in [1.29, 1.82) is 0 Å². The number of carbonyl (C=O) groups excluding carboxylic acids is 1. The van der Waals surface area contributed by atoms with Crippen molar-refractivity contribution in [2.24, 2.45) is 0 Å². The molecule has 1 N–H and O–H groups in total. The Morgan fingerprint density at radius 1 is 1.11 bits per heavy atom. The fourth-order valence-electron chi connectivity index (χ4n) is 3.76. The zero-order valence-corrected chi connectivity index (χ0v) is 22.4. The molecule has 0 unspecified atom stereocenters. The normalized spacial score (nSPS) is 12.3. The summed E-state index contributed by atoms with van der Waals surface area (Å²) >= 11 is 0. The minimum absolute atomic E-state index is 0.0633. The van der Waals surface area contributed by atoms with E-state index in [0.29, 0.717) is 36.5 Å². The van der Waals surface area contributed by atoms with E-state index in [0.717, 1.165) is 27.6 Å². The van der Waals surface area contributed by atoms with Crippen molar-refractivity contribution >= 4 is 47.2 Å². The third kappa shape index (κ3) is 5.26. The minimum Gasteiger partial charge on any atom is -0.543 e. The number of rotatable bonds is 9. The third-order valence-electron chi connectivity index (χ3n) is 6.78. The van der Waals surface area contributed by atoms with Gasteiger partial charge in [0.1, 0.15) is 5.75 Å². The zero-order valence-electron chi connectivity index (χ0n) is 21.4. The van der Waals surface area contributed by atoms with Crippen molar-refractivity contribution in [3.63, 3.8) is 0 Å². The molecule has 0 radical (unpaired) electrons. The number of Topliss-reactive ketones (excluding diaryl/α,β-unsaturated/α-hetero) is 1. The number of methoxy groups -OCH3 is 1. The summed E-state index contributed by atoms with van der Waals surface area (Å²) in [4.78, 5) is 17.1. The van der Waals surface area contributed by atoms with Gasteiger partial charge in [-0.05, 0) is 60.3 Å². The fourth-order valence-corrected chi connectivity index (χ4v) is 4.79. The number of furan rings is 1. The van der Waals surface area contributed by atoms with Gasteiger partial charge in [0.05, 0.1) is 11.9 Å². The van der Waals surface area contributed by atoms with Gasteiger partial charge in [0, 0.05) is 42.8 Å². The van der Waals surface area contributed by atoms with Crippen molar-refractivity contribution in [1.82, 2.24) is 4.98 Å². The molecule has 0 saturated heterocycles. The fraction of sp³-hybridized carbons (Fsp3) is 0.357. The van der Waals surface area contributed by atoms with Gasteiger partial charge in [0.15, 0.2) is 17.1 Å². The molecule has 0 spiro atoms. The van der Waals surface area contributed by atoms with Crippen LogP contribution in [0.3, 0.4) is 0 Å². The number of pyridine rings is 1. The van der Waals surface area contributed by atoms with E-state index in [4.69, 9.17) is 13.6 Å². The van der Waals surface area contributed by atoms with E-state index in [1.165, 1.54) is 0 Å². The molecule has 184 valence electrons. The highest BCUT2D eigenvalue weighted by molar-refractivity contribution is 6.74. The number of nitrogens with zero attached hydrogens (tertiary/aromatic N) is 1. The van der Waals surface area contributed by atoms with Gasteiger partial charge in [-0.25, -0.2) is 0 Å². The van der Waals surface area contributed by atoms with Crippen molar-refractivity contribution in [3.05, 3.63) is 60.6 Å². The quantitative estimate of drug-likeness (QED) is 0.147. The number of fused-ring (bicyclic) bond motifs is 2. The smallest absolute Gasteiger partial charge is 0.250 e. The number of hydrogen-bond acceptors (Lipinski definition) is 6. The molecule has 0 bridgehead atoms. The second kappa shape index (κ2) is 9.83. The summed E-state index contributed by atoms with van der Waals surface area (Å²) in [6.07, 6.45) is 4.32.